The maximum Gasteiger partial charge on any atom is 0.246 e. The van der Waals surface area contributed by atoms with Gasteiger partial charge in [-0.3, -0.25) is 14.8 Å². The Labute approximate surface area is 184 Å². The second-order valence-electron chi connectivity index (χ2n) is 7.74. The van der Waals surface area contributed by atoms with Crippen LogP contribution in [0.4, 0.5) is 10.1 Å². The van der Waals surface area contributed by atoms with Crippen molar-refractivity contribution in [3.05, 3.63) is 73.3 Å². The number of phenolic OH excluding ortho intramolecular Hbond substituents is 1. The van der Waals surface area contributed by atoms with Gasteiger partial charge in [0.25, 0.3) is 0 Å². The molecule has 0 radical (unpaired) electrons. The Bertz CT molecular complexity index is 1360. The van der Waals surface area contributed by atoms with E-state index in [-0.39, 0.29) is 22.9 Å². The van der Waals surface area contributed by atoms with Gasteiger partial charge in [-0.05, 0) is 35.0 Å². The molecule has 5 rings (SSSR count). The maximum absolute atomic E-state index is 15.7. The number of phenols is 1. The van der Waals surface area contributed by atoms with Crippen LogP contribution in [0.5, 0.6) is 5.75 Å². The van der Waals surface area contributed by atoms with Gasteiger partial charge in [0.05, 0.1) is 0 Å². The van der Waals surface area contributed by atoms with Gasteiger partial charge in [-0.1, -0.05) is 30.8 Å². The standard InChI is InChI=1S/C25H21FN4O2/c1-2-22(32)30-11-9-29(10-12-30)21-7-8-27-25-20(21)15-28-24(23(25)26)19-14-17(31)13-16-5-3-4-6-18(16)19/h2-8,13-15,31H,1,9-12H2. The van der Waals surface area contributed by atoms with Crippen molar-refractivity contribution in [3.63, 3.8) is 0 Å². The molecule has 160 valence electrons. The topological polar surface area (TPSA) is 69.6 Å². The van der Waals surface area contributed by atoms with E-state index in [2.05, 4.69) is 21.4 Å². The zero-order valence-electron chi connectivity index (χ0n) is 17.3. The minimum Gasteiger partial charge on any atom is -0.508 e. The fraction of sp³-hybridized carbons (Fsp3) is 0.160. The molecule has 1 N–H and O–H groups in total. The van der Waals surface area contributed by atoms with E-state index in [0.717, 1.165) is 16.5 Å². The van der Waals surface area contributed by atoms with Gasteiger partial charge in [0, 0.05) is 55.2 Å². The van der Waals surface area contributed by atoms with Crippen molar-refractivity contribution < 1.29 is 14.3 Å². The second-order valence-corrected chi connectivity index (χ2v) is 7.74. The van der Waals surface area contributed by atoms with Crippen molar-refractivity contribution in [2.75, 3.05) is 31.1 Å². The molecule has 2 aromatic carbocycles. The molecule has 1 saturated heterocycles. The molecule has 7 heteroatoms. The molecular weight excluding hydrogens is 407 g/mol. The van der Waals surface area contributed by atoms with Crippen LogP contribution in [0.1, 0.15) is 0 Å². The fourth-order valence-corrected chi connectivity index (χ4v) is 4.31. The van der Waals surface area contributed by atoms with Crippen LogP contribution in [0.3, 0.4) is 0 Å². The number of carbonyl (C=O) groups is 1. The molecule has 0 aliphatic carbocycles. The molecule has 6 nitrogen and oxygen atoms in total. The number of rotatable bonds is 3. The number of carbonyl (C=O) groups excluding carboxylic acids is 1. The van der Waals surface area contributed by atoms with Crippen LogP contribution in [0, 0.1) is 5.82 Å². The summed E-state index contributed by atoms with van der Waals surface area (Å²) in [6.07, 6.45) is 4.55. The van der Waals surface area contributed by atoms with Crippen LogP contribution in [0.25, 0.3) is 32.9 Å². The summed E-state index contributed by atoms with van der Waals surface area (Å²) in [5.74, 6) is -0.561. The van der Waals surface area contributed by atoms with Crippen LogP contribution in [-0.4, -0.2) is 52.1 Å². The third kappa shape index (κ3) is 3.32. The van der Waals surface area contributed by atoms with Crippen molar-refractivity contribution in [2.45, 2.75) is 0 Å². The zero-order chi connectivity index (χ0) is 22.2. The van der Waals surface area contributed by atoms with Gasteiger partial charge in [0.1, 0.15) is 17.0 Å². The Kier molecular flexibility index (Phi) is 4.93. The van der Waals surface area contributed by atoms with E-state index in [1.54, 1.807) is 23.4 Å². The van der Waals surface area contributed by atoms with Crippen LogP contribution in [0.15, 0.2) is 67.5 Å². The first-order valence-electron chi connectivity index (χ1n) is 10.4. The first-order valence-corrected chi connectivity index (χ1v) is 10.4. The average molecular weight is 428 g/mol. The molecule has 1 fully saturated rings. The minimum absolute atomic E-state index is 0.0497. The van der Waals surface area contributed by atoms with Gasteiger partial charge in [-0.25, -0.2) is 4.39 Å². The lowest BCUT2D eigenvalue weighted by Gasteiger charge is -2.36. The number of anilines is 1. The first kappa shape index (κ1) is 19.9. The number of amides is 1. The highest BCUT2D eigenvalue weighted by Crippen LogP contribution is 2.36. The number of piperazine rings is 1. The average Bonchev–Trinajstić information content (AvgIpc) is 2.83. The Morgan fingerprint density at radius 2 is 1.84 bits per heavy atom. The first-order chi connectivity index (χ1) is 15.6. The number of benzene rings is 2. The van der Waals surface area contributed by atoms with E-state index in [4.69, 9.17) is 0 Å². The summed E-state index contributed by atoms with van der Waals surface area (Å²) in [5.41, 5.74) is 1.73. The van der Waals surface area contributed by atoms with Crippen molar-refractivity contribution >= 4 is 33.3 Å². The number of pyridine rings is 2. The van der Waals surface area contributed by atoms with Gasteiger partial charge < -0.3 is 14.9 Å². The smallest absolute Gasteiger partial charge is 0.246 e. The Morgan fingerprint density at radius 3 is 2.62 bits per heavy atom. The molecule has 3 heterocycles. The molecule has 1 amide bonds. The highest BCUT2D eigenvalue weighted by Gasteiger charge is 2.23. The molecule has 0 spiro atoms. The summed E-state index contributed by atoms with van der Waals surface area (Å²) < 4.78 is 15.7. The Balaban J connectivity index is 1.57. The SMILES string of the molecule is C=CC(=O)N1CCN(c2ccnc3c(F)c(-c4cc(O)cc5ccccc45)ncc23)CC1. The summed E-state index contributed by atoms with van der Waals surface area (Å²) in [6.45, 7) is 5.93. The number of fused-ring (bicyclic) bond motifs is 2. The number of halogens is 1. The summed E-state index contributed by atoms with van der Waals surface area (Å²) in [6, 6.07) is 12.5. The van der Waals surface area contributed by atoms with E-state index in [0.29, 0.717) is 37.1 Å². The number of aromatic nitrogens is 2. The van der Waals surface area contributed by atoms with Crippen LogP contribution < -0.4 is 4.90 Å². The molecule has 0 saturated carbocycles. The second kappa shape index (κ2) is 7.92. The van der Waals surface area contributed by atoms with Gasteiger partial charge >= 0.3 is 0 Å². The monoisotopic (exact) mass is 428 g/mol. The predicted octanol–water partition coefficient (Wildman–Crippen LogP) is 4.13. The summed E-state index contributed by atoms with van der Waals surface area (Å²) in [7, 11) is 0. The van der Waals surface area contributed by atoms with Crippen molar-refractivity contribution in [2.24, 2.45) is 0 Å². The number of aromatic hydroxyl groups is 1. The molecule has 0 unspecified atom stereocenters. The van der Waals surface area contributed by atoms with Gasteiger partial charge in [-0.2, -0.15) is 0 Å². The normalized spacial score (nSPS) is 14.2. The van der Waals surface area contributed by atoms with E-state index in [1.165, 1.54) is 12.1 Å². The Hall–Kier alpha value is -4.00. The van der Waals surface area contributed by atoms with Crippen LogP contribution in [-0.2, 0) is 4.79 Å². The largest absolute Gasteiger partial charge is 0.508 e. The molecule has 32 heavy (non-hydrogen) atoms. The molecular formula is C25H21FN4O2. The van der Waals surface area contributed by atoms with Crippen LogP contribution in [0.2, 0.25) is 0 Å². The van der Waals surface area contributed by atoms with Gasteiger partial charge in [0.2, 0.25) is 5.91 Å². The number of nitrogens with zero attached hydrogens (tertiary/aromatic N) is 4. The van der Waals surface area contributed by atoms with Crippen LogP contribution >= 0.6 is 0 Å². The lowest BCUT2D eigenvalue weighted by Crippen LogP contribution is -2.48. The van der Waals surface area contributed by atoms with Gasteiger partial charge in [-0.15, -0.1) is 0 Å². The zero-order valence-corrected chi connectivity index (χ0v) is 17.3. The third-order valence-corrected chi connectivity index (χ3v) is 5.91. The van der Waals surface area contributed by atoms with E-state index < -0.39 is 5.82 Å². The molecule has 1 aliphatic rings. The molecule has 0 bridgehead atoms. The highest BCUT2D eigenvalue weighted by molar-refractivity contribution is 6.00. The predicted molar refractivity (Wildman–Crippen MR) is 123 cm³/mol. The molecule has 0 atom stereocenters. The Morgan fingerprint density at radius 1 is 1.06 bits per heavy atom. The minimum atomic E-state index is -0.527. The molecule has 1 aliphatic heterocycles. The molecule has 2 aromatic heterocycles. The van der Waals surface area contributed by atoms with Crippen molar-refractivity contribution in [1.29, 1.82) is 0 Å². The highest BCUT2D eigenvalue weighted by atomic mass is 19.1. The summed E-state index contributed by atoms with van der Waals surface area (Å²) in [5, 5.41) is 12.4. The van der Waals surface area contributed by atoms with Gasteiger partial charge in [0.15, 0.2) is 5.82 Å². The lowest BCUT2D eigenvalue weighted by molar-refractivity contribution is -0.126. The fourth-order valence-electron chi connectivity index (χ4n) is 4.31. The van der Waals surface area contributed by atoms with Crippen molar-refractivity contribution in [3.8, 4) is 17.0 Å². The van der Waals surface area contributed by atoms with E-state index >= 15 is 4.39 Å². The maximum atomic E-state index is 15.7. The third-order valence-electron chi connectivity index (χ3n) is 5.91. The number of hydrogen-bond acceptors (Lipinski definition) is 5. The summed E-state index contributed by atoms with van der Waals surface area (Å²) in [4.78, 5) is 24.5. The number of hydrogen-bond donors (Lipinski definition) is 1. The quantitative estimate of drug-likeness (QED) is 0.497. The lowest BCUT2D eigenvalue weighted by atomic mass is 10.00. The summed E-state index contributed by atoms with van der Waals surface area (Å²) >= 11 is 0. The molecule has 4 aromatic rings. The van der Waals surface area contributed by atoms with E-state index in [1.807, 2.05) is 30.3 Å². The van der Waals surface area contributed by atoms with E-state index in [9.17, 15) is 9.90 Å². The van der Waals surface area contributed by atoms with Crippen molar-refractivity contribution in [1.82, 2.24) is 14.9 Å².